The molecule has 0 radical (unpaired) electrons. The molecule has 4 heteroatoms. The molecule has 1 heterocycles. The molecule has 0 aromatic heterocycles. The first-order chi connectivity index (χ1) is 7.52. The van der Waals surface area contributed by atoms with Crippen LogP contribution >= 0.6 is 0 Å². The smallest absolute Gasteiger partial charge is 0.245 e. The second-order valence-corrected chi connectivity index (χ2v) is 6.45. The summed E-state index contributed by atoms with van der Waals surface area (Å²) < 4.78 is 25.6. The summed E-state index contributed by atoms with van der Waals surface area (Å²) in [4.78, 5) is 2.30. The Morgan fingerprint density at radius 2 is 1.59 bits per heavy atom. The van der Waals surface area contributed by atoms with Crippen molar-refractivity contribution >= 4 is 0 Å². The Labute approximate surface area is 103 Å². The molecule has 0 amide bonds. The average molecular weight is 249 g/mol. The maximum absolute atomic E-state index is 12.8. The van der Waals surface area contributed by atoms with E-state index in [9.17, 15) is 13.9 Å². The zero-order chi connectivity index (χ0) is 13.3. The maximum Gasteiger partial charge on any atom is 0.245 e. The van der Waals surface area contributed by atoms with Crippen LogP contribution in [0.1, 0.15) is 53.4 Å². The monoisotopic (exact) mass is 249 g/mol. The van der Waals surface area contributed by atoms with Crippen LogP contribution in [0, 0.1) is 0 Å². The molecule has 17 heavy (non-hydrogen) atoms. The van der Waals surface area contributed by atoms with E-state index in [1.807, 2.05) is 0 Å². The number of likely N-dealkylation sites (tertiary alicyclic amines) is 1. The molecule has 2 nitrogen and oxygen atoms in total. The number of rotatable bonds is 3. The van der Waals surface area contributed by atoms with Crippen LogP contribution in [-0.2, 0) is 0 Å². The molecule has 0 bridgehead atoms. The Bertz CT molecular complexity index is 247. The molecule has 0 unspecified atom stereocenters. The molecule has 0 saturated carbocycles. The predicted octanol–water partition coefficient (Wildman–Crippen LogP) is 3.05. The third kappa shape index (κ3) is 4.88. The van der Waals surface area contributed by atoms with Crippen LogP contribution in [0.15, 0.2) is 0 Å². The summed E-state index contributed by atoms with van der Waals surface area (Å²) in [5.41, 5.74) is -0.794. The standard InChI is InChI=1S/C13H25F2NO/c1-11(2,3)16-9-7-13(17,8-10-16)6-5-12(4,14)15/h17H,5-10H2,1-4H3. The highest BCUT2D eigenvalue weighted by atomic mass is 19.3. The topological polar surface area (TPSA) is 23.5 Å². The first-order valence-corrected chi connectivity index (χ1v) is 6.37. The fraction of sp³-hybridized carbons (Fsp3) is 1.00. The molecule has 0 aromatic carbocycles. The highest BCUT2D eigenvalue weighted by molar-refractivity contribution is 4.90. The van der Waals surface area contributed by atoms with E-state index in [0.717, 1.165) is 20.0 Å². The number of hydrogen-bond acceptors (Lipinski definition) is 2. The number of halogens is 2. The van der Waals surface area contributed by atoms with Gasteiger partial charge < -0.3 is 5.11 Å². The average Bonchev–Trinajstić information content (AvgIpc) is 2.13. The van der Waals surface area contributed by atoms with Crippen LogP contribution < -0.4 is 0 Å². The normalized spacial score (nSPS) is 22.8. The lowest BCUT2D eigenvalue weighted by atomic mass is 9.84. The van der Waals surface area contributed by atoms with Crippen molar-refractivity contribution in [2.75, 3.05) is 13.1 Å². The molecule has 0 atom stereocenters. The van der Waals surface area contributed by atoms with E-state index >= 15 is 0 Å². The van der Waals surface area contributed by atoms with Gasteiger partial charge in [-0.25, -0.2) is 8.78 Å². The Morgan fingerprint density at radius 3 is 1.94 bits per heavy atom. The van der Waals surface area contributed by atoms with Crippen molar-refractivity contribution in [3.8, 4) is 0 Å². The first kappa shape index (κ1) is 14.8. The van der Waals surface area contributed by atoms with E-state index < -0.39 is 11.5 Å². The molecule has 1 N–H and O–H groups in total. The number of piperidine rings is 1. The minimum atomic E-state index is -2.67. The molecule has 1 aliphatic rings. The van der Waals surface area contributed by atoms with Crippen molar-refractivity contribution in [3.63, 3.8) is 0 Å². The van der Waals surface area contributed by atoms with Gasteiger partial charge in [0.15, 0.2) is 0 Å². The van der Waals surface area contributed by atoms with E-state index in [4.69, 9.17) is 0 Å². The van der Waals surface area contributed by atoms with E-state index in [0.29, 0.717) is 12.8 Å². The van der Waals surface area contributed by atoms with Gasteiger partial charge in [0.05, 0.1) is 5.60 Å². The Hall–Kier alpha value is -0.220. The highest BCUT2D eigenvalue weighted by Gasteiger charge is 2.37. The zero-order valence-corrected chi connectivity index (χ0v) is 11.4. The molecule has 1 rings (SSSR count). The number of nitrogens with zero attached hydrogens (tertiary/aromatic N) is 1. The van der Waals surface area contributed by atoms with Gasteiger partial charge in [-0.3, -0.25) is 4.90 Å². The quantitative estimate of drug-likeness (QED) is 0.831. The van der Waals surface area contributed by atoms with Gasteiger partial charge in [0.1, 0.15) is 0 Å². The molecule has 102 valence electrons. The summed E-state index contributed by atoms with van der Waals surface area (Å²) in [6, 6.07) is 0. The summed E-state index contributed by atoms with van der Waals surface area (Å²) >= 11 is 0. The highest BCUT2D eigenvalue weighted by Crippen LogP contribution is 2.33. The largest absolute Gasteiger partial charge is 0.390 e. The molecule has 0 spiro atoms. The van der Waals surface area contributed by atoms with Gasteiger partial charge in [-0.1, -0.05) is 0 Å². The van der Waals surface area contributed by atoms with Crippen molar-refractivity contribution in [2.45, 2.75) is 70.4 Å². The zero-order valence-electron chi connectivity index (χ0n) is 11.4. The van der Waals surface area contributed by atoms with Gasteiger partial charge in [-0.05, 0) is 47.0 Å². The molecule has 0 aliphatic carbocycles. The minimum Gasteiger partial charge on any atom is -0.390 e. The van der Waals surface area contributed by atoms with Crippen LogP contribution in [0.3, 0.4) is 0 Å². The van der Waals surface area contributed by atoms with Crippen LogP contribution in [0.2, 0.25) is 0 Å². The molecular formula is C13H25F2NO. The van der Waals surface area contributed by atoms with Crippen molar-refractivity contribution in [2.24, 2.45) is 0 Å². The molecule has 1 saturated heterocycles. The van der Waals surface area contributed by atoms with Gasteiger partial charge in [0.2, 0.25) is 5.92 Å². The molecule has 1 aliphatic heterocycles. The van der Waals surface area contributed by atoms with Gasteiger partial charge in [-0.15, -0.1) is 0 Å². The predicted molar refractivity (Wildman–Crippen MR) is 65.4 cm³/mol. The van der Waals surface area contributed by atoms with E-state index in [2.05, 4.69) is 25.7 Å². The van der Waals surface area contributed by atoms with Crippen molar-refractivity contribution in [1.29, 1.82) is 0 Å². The Balaban J connectivity index is 2.44. The van der Waals surface area contributed by atoms with Gasteiger partial charge in [0.25, 0.3) is 0 Å². The minimum absolute atomic E-state index is 0.0933. The van der Waals surface area contributed by atoms with Crippen LogP contribution in [0.4, 0.5) is 8.78 Å². The molecular weight excluding hydrogens is 224 g/mol. The number of aliphatic hydroxyl groups is 1. The lowest BCUT2D eigenvalue weighted by Crippen LogP contribution is -2.51. The van der Waals surface area contributed by atoms with Crippen LogP contribution in [0.5, 0.6) is 0 Å². The lowest BCUT2D eigenvalue weighted by Gasteiger charge is -2.44. The third-order valence-corrected chi connectivity index (χ3v) is 3.67. The van der Waals surface area contributed by atoms with Crippen molar-refractivity contribution in [1.82, 2.24) is 4.90 Å². The third-order valence-electron chi connectivity index (χ3n) is 3.67. The second kappa shape index (κ2) is 4.81. The van der Waals surface area contributed by atoms with Crippen LogP contribution in [0.25, 0.3) is 0 Å². The summed E-state index contributed by atoms with van der Waals surface area (Å²) in [6.07, 6.45) is 1.17. The second-order valence-electron chi connectivity index (χ2n) is 6.45. The van der Waals surface area contributed by atoms with Gasteiger partial charge in [-0.2, -0.15) is 0 Å². The number of alkyl halides is 2. The fourth-order valence-corrected chi connectivity index (χ4v) is 2.30. The molecule has 0 aromatic rings. The number of hydrogen-bond donors (Lipinski definition) is 1. The van der Waals surface area contributed by atoms with E-state index in [-0.39, 0.29) is 18.4 Å². The van der Waals surface area contributed by atoms with Crippen LogP contribution in [-0.4, -0.2) is 40.2 Å². The van der Waals surface area contributed by atoms with E-state index in [1.165, 1.54) is 0 Å². The lowest BCUT2D eigenvalue weighted by molar-refractivity contribution is -0.0714. The SMILES string of the molecule is CC(F)(F)CCC1(O)CCN(C(C)(C)C)CC1. The van der Waals surface area contributed by atoms with E-state index in [1.54, 1.807) is 0 Å². The summed E-state index contributed by atoms with van der Waals surface area (Å²) in [5.74, 6) is -2.67. The summed E-state index contributed by atoms with van der Waals surface area (Å²) in [7, 11) is 0. The maximum atomic E-state index is 12.8. The van der Waals surface area contributed by atoms with Crippen molar-refractivity contribution in [3.05, 3.63) is 0 Å². The van der Waals surface area contributed by atoms with Gasteiger partial charge in [0, 0.05) is 25.0 Å². The van der Waals surface area contributed by atoms with Gasteiger partial charge >= 0.3 is 0 Å². The van der Waals surface area contributed by atoms with Crippen molar-refractivity contribution < 1.29 is 13.9 Å². The summed E-state index contributed by atoms with van der Waals surface area (Å²) in [6.45, 7) is 8.90. The first-order valence-electron chi connectivity index (χ1n) is 6.37. The molecule has 1 fully saturated rings. The fourth-order valence-electron chi connectivity index (χ4n) is 2.30. The Kier molecular flexibility index (Phi) is 4.20. The summed E-state index contributed by atoms with van der Waals surface area (Å²) in [5, 5.41) is 10.3. The Morgan fingerprint density at radius 1 is 1.12 bits per heavy atom.